The van der Waals surface area contributed by atoms with E-state index in [1.165, 1.54) is 12.1 Å². The molecule has 26 heavy (non-hydrogen) atoms. The number of benzene rings is 2. The summed E-state index contributed by atoms with van der Waals surface area (Å²) in [7, 11) is -3.84. The zero-order valence-corrected chi connectivity index (χ0v) is 16.4. The van der Waals surface area contributed by atoms with Gasteiger partial charge in [0.1, 0.15) is 11.9 Å². The lowest BCUT2D eigenvalue weighted by molar-refractivity contribution is -0.117. The number of rotatable bonds is 6. The topological polar surface area (TPSA) is 66.5 Å². The summed E-state index contributed by atoms with van der Waals surface area (Å²) in [5, 5.41) is 2.84. The molecule has 0 fully saturated rings. The maximum atomic E-state index is 13.4. The molecule has 2 aromatic rings. The molecule has 0 aliphatic rings. The van der Waals surface area contributed by atoms with Crippen molar-refractivity contribution in [2.75, 3.05) is 15.9 Å². The van der Waals surface area contributed by atoms with E-state index in [4.69, 9.17) is 23.2 Å². The van der Waals surface area contributed by atoms with Crippen LogP contribution in [0, 0.1) is 5.82 Å². The zero-order chi connectivity index (χ0) is 19.5. The predicted molar refractivity (Wildman–Crippen MR) is 103 cm³/mol. The predicted octanol–water partition coefficient (Wildman–Crippen LogP) is 4.32. The van der Waals surface area contributed by atoms with E-state index in [1.807, 2.05) is 0 Å². The maximum Gasteiger partial charge on any atom is 0.248 e. The molecule has 2 aromatic carbocycles. The second kappa shape index (κ2) is 8.24. The SMILES string of the molecule is CC[C@H](C(=O)Nc1cccc(Cl)c1)N(c1ccc(F)c(Cl)c1)S(C)(=O)=O. The number of sulfonamides is 1. The largest absolute Gasteiger partial charge is 0.324 e. The van der Waals surface area contributed by atoms with Crippen LogP contribution in [0.2, 0.25) is 10.0 Å². The fourth-order valence-corrected chi connectivity index (χ4v) is 4.04. The Kier molecular flexibility index (Phi) is 6.49. The van der Waals surface area contributed by atoms with E-state index in [0.717, 1.165) is 16.6 Å². The van der Waals surface area contributed by atoms with Crippen molar-refractivity contribution in [2.24, 2.45) is 0 Å². The number of nitrogens with zero attached hydrogens (tertiary/aromatic N) is 1. The Bertz CT molecular complexity index is 922. The van der Waals surface area contributed by atoms with Gasteiger partial charge < -0.3 is 5.32 Å². The van der Waals surface area contributed by atoms with Crippen molar-refractivity contribution >= 4 is 50.5 Å². The van der Waals surface area contributed by atoms with Crippen LogP contribution in [0.25, 0.3) is 0 Å². The lowest BCUT2D eigenvalue weighted by Gasteiger charge is -2.30. The highest BCUT2D eigenvalue weighted by Gasteiger charge is 2.32. The van der Waals surface area contributed by atoms with Gasteiger partial charge in [0.2, 0.25) is 15.9 Å². The van der Waals surface area contributed by atoms with Gasteiger partial charge in [0.25, 0.3) is 0 Å². The summed E-state index contributed by atoms with van der Waals surface area (Å²) in [6, 6.07) is 8.93. The summed E-state index contributed by atoms with van der Waals surface area (Å²) in [5.41, 5.74) is 0.540. The molecule has 2 rings (SSSR count). The lowest BCUT2D eigenvalue weighted by atomic mass is 10.1. The highest BCUT2D eigenvalue weighted by Crippen LogP contribution is 2.28. The van der Waals surface area contributed by atoms with Crippen molar-refractivity contribution < 1.29 is 17.6 Å². The third-order valence-corrected chi connectivity index (χ3v) is 5.28. The van der Waals surface area contributed by atoms with Gasteiger partial charge in [0.05, 0.1) is 17.0 Å². The average molecular weight is 419 g/mol. The van der Waals surface area contributed by atoms with Crippen LogP contribution in [0.4, 0.5) is 15.8 Å². The van der Waals surface area contributed by atoms with Crippen LogP contribution in [0.1, 0.15) is 13.3 Å². The third kappa shape index (κ3) is 4.87. The van der Waals surface area contributed by atoms with Gasteiger partial charge in [-0.25, -0.2) is 12.8 Å². The summed E-state index contributed by atoms with van der Waals surface area (Å²) in [5.74, 6) is -1.22. The fourth-order valence-electron chi connectivity index (χ4n) is 2.47. The first-order chi connectivity index (χ1) is 12.1. The second-order valence-electron chi connectivity index (χ2n) is 5.58. The maximum absolute atomic E-state index is 13.4. The Balaban J connectivity index is 2.40. The van der Waals surface area contributed by atoms with E-state index in [-0.39, 0.29) is 17.1 Å². The van der Waals surface area contributed by atoms with Crippen molar-refractivity contribution in [3.63, 3.8) is 0 Å². The highest BCUT2D eigenvalue weighted by molar-refractivity contribution is 7.92. The fraction of sp³-hybridized carbons (Fsp3) is 0.235. The summed E-state index contributed by atoms with van der Waals surface area (Å²) in [6.07, 6.45) is 1.16. The van der Waals surface area contributed by atoms with Gasteiger partial charge in [-0.05, 0) is 42.8 Å². The summed E-state index contributed by atoms with van der Waals surface area (Å²) >= 11 is 11.7. The molecule has 0 aromatic heterocycles. The van der Waals surface area contributed by atoms with Crippen LogP contribution in [-0.2, 0) is 14.8 Å². The van der Waals surface area contributed by atoms with E-state index in [0.29, 0.717) is 10.7 Å². The summed E-state index contributed by atoms with van der Waals surface area (Å²) < 4.78 is 39.0. The Morgan fingerprint density at radius 2 is 1.92 bits per heavy atom. The molecule has 0 saturated carbocycles. The molecular weight excluding hydrogens is 402 g/mol. The van der Waals surface area contributed by atoms with Crippen molar-refractivity contribution in [1.82, 2.24) is 0 Å². The summed E-state index contributed by atoms with van der Waals surface area (Å²) in [4.78, 5) is 12.7. The van der Waals surface area contributed by atoms with Gasteiger partial charge in [-0.15, -0.1) is 0 Å². The number of amides is 1. The number of hydrogen-bond donors (Lipinski definition) is 1. The number of anilines is 2. The monoisotopic (exact) mass is 418 g/mol. The molecule has 0 spiro atoms. The number of halogens is 3. The Morgan fingerprint density at radius 3 is 2.46 bits per heavy atom. The van der Waals surface area contributed by atoms with Crippen LogP contribution < -0.4 is 9.62 Å². The Morgan fingerprint density at radius 1 is 1.23 bits per heavy atom. The van der Waals surface area contributed by atoms with E-state index in [1.54, 1.807) is 31.2 Å². The minimum atomic E-state index is -3.84. The number of carbonyl (C=O) groups is 1. The molecule has 1 atom stereocenters. The first-order valence-electron chi connectivity index (χ1n) is 7.64. The normalized spacial score (nSPS) is 12.5. The van der Waals surface area contributed by atoms with E-state index in [9.17, 15) is 17.6 Å². The average Bonchev–Trinajstić information content (AvgIpc) is 2.54. The molecule has 140 valence electrons. The van der Waals surface area contributed by atoms with Gasteiger partial charge in [0, 0.05) is 10.7 Å². The molecule has 0 radical (unpaired) electrons. The third-order valence-electron chi connectivity index (χ3n) is 3.58. The van der Waals surface area contributed by atoms with Gasteiger partial charge >= 0.3 is 0 Å². The number of hydrogen-bond acceptors (Lipinski definition) is 3. The smallest absolute Gasteiger partial charge is 0.248 e. The van der Waals surface area contributed by atoms with Crippen molar-refractivity contribution in [3.8, 4) is 0 Å². The minimum Gasteiger partial charge on any atom is -0.324 e. The van der Waals surface area contributed by atoms with Crippen molar-refractivity contribution in [2.45, 2.75) is 19.4 Å². The van der Waals surface area contributed by atoms with Crippen LogP contribution in [0.15, 0.2) is 42.5 Å². The van der Waals surface area contributed by atoms with Gasteiger partial charge in [-0.3, -0.25) is 9.10 Å². The van der Waals surface area contributed by atoms with Gasteiger partial charge in [-0.2, -0.15) is 0 Å². The molecule has 0 aliphatic heterocycles. The van der Waals surface area contributed by atoms with Crippen molar-refractivity contribution in [1.29, 1.82) is 0 Å². The quantitative estimate of drug-likeness (QED) is 0.759. The summed E-state index contributed by atoms with van der Waals surface area (Å²) in [6.45, 7) is 1.67. The van der Waals surface area contributed by atoms with Crippen LogP contribution in [0.3, 0.4) is 0 Å². The molecule has 0 saturated heterocycles. The highest BCUT2D eigenvalue weighted by atomic mass is 35.5. The lowest BCUT2D eigenvalue weighted by Crippen LogP contribution is -2.47. The minimum absolute atomic E-state index is 0.104. The van der Waals surface area contributed by atoms with Crippen LogP contribution in [0.5, 0.6) is 0 Å². The zero-order valence-electron chi connectivity index (χ0n) is 14.0. The van der Waals surface area contributed by atoms with Crippen LogP contribution >= 0.6 is 23.2 Å². The van der Waals surface area contributed by atoms with Gasteiger partial charge in [-0.1, -0.05) is 36.2 Å². The standard InChI is InChI=1S/C17H17Cl2FN2O3S/c1-3-16(17(23)21-12-6-4-5-11(18)9-12)22(26(2,24)25)13-7-8-15(20)14(19)10-13/h4-10,16H,3H2,1-2H3,(H,21,23)/t16-/m1/s1. The molecule has 0 aliphatic carbocycles. The second-order valence-corrected chi connectivity index (χ2v) is 8.28. The Labute approximate surface area is 161 Å². The van der Waals surface area contributed by atoms with E-state index < -0.39 is 27.8 Å². The molecular formula is C17H17Cl2FN2O3S. The van der Waals surface area contributed by atoms with Crippen LogP contribution in [-0.4, -0.2) is 26.6 Å². The molecule has 0 bridgehead atoms. The number of carbonyl (C=O) groups excluding carboxylic acids is 1. The molecule has 1 amide bonds. The molecule has 0 unspecified atom stereocenters. The molecule has 1 N–H and O–H groups in total. The molecule has 0 heterocycles. The molecule has 9 heteroatoms. The first-order valence-corrected chi connectivity index (χ1v) is 10.2. The number of nitrogens with one attached hydrogen (secondary N) is 1. The van der Waals surface area contributed by atoms with Crippen molar-refractivity contribution in [3.05, 3.63) is 58.3 Å². The van der Waals surface area contributed by atoms with E-state index >= 15 is 0 Å². The Hall–Kier alpha value is -1.83. The van der Waals surface area contributed by atoms with Gasteiger partial charge in [0.15, 0.2) is 0 Å². The van der Waals surface area contributed by atoms with E-state index in [2.05, 4.69) is 5.32 Å². The first kappa shape index (κ1) is 20.5. The molecule has 5 nitrogen and oxygen atoms in total.